The van der Waals surface area contributed by atoms with Gasteiger partial charge < -0.3 is 10.3 Å². The molecule has 6 nitrogen and oxygen atoms in total. The molecule has 0 saturated carbocycles. The van der Waals surface area contributed by atoms with Crippen molar-refractivity contribution in [2.75, 3.05) is 11.5 Å². The first-order valence-corrected chi connectivity index (χ1v) is 10.6. The second-order valence-corrected chi connectivity index (χ2v) is 7.84. The van der Waals surface area contributed by atoms with Crippen LogP contribution in [0.3, 0.4) is 0 Å². The molecule has 0 unspecified atom stereocenters. The number of pyridine rings is 1. The van der Waals surface area contributed by atoms with Gasteiger partial charge in [0.05, 0.1) is 5.52 Å². The van der Waals surface area contributed by atoms with Gasteiger partial charge in [-0.2, -0.15) is 0 Å². The van der Waals surface area contributed by atoms with Crippen molar-refractivity contribution in [2.45, 2.75) is 64.6 Å². The Bertz CT molecular complexity index is 891. The van der Waals surface area contributed by atoms with Crippen molar-refractivity contribution in [3.05, 3.63) is 35.5 Å². The average Bonchev–Trinajstić information content (AvgIpc) is 3.03. The number of unbranched alkanes of at least 4 members (excludes halogenated alkanes) is 2. The fourth-order valence-electron chi connectivity index (χ4n) is 3.27. The van der Waals surface area contributed by atoms with Gasteiger partial charge in [-0.25, -0.2) is 19.9 Å². The van der Waals surface area contributed by atoms with E-state index < -0.39 is 0 Å². The van der Waals surface area contributed by atoms with E-state index in [0.29, 0.717) is 5.82 Å². The van der Waals surface area contributed by atoms with Crippen molar-refractivity contribution in [3.63, 3.8) is 0 Å². The molecule has 0 amide bonds. The molecule has 144 valence electrons. The number of hydrogen-bond acceptors (Lipinski definition) is 6. The third-order valence-corrected chi connectivity index (χ3v) is 5.71. The summed E-state index contributed by atoms with van der Waals surface area (Å²) in [7, 11) is 0. The quantitative estimate of drug-likeness (QED) is 0.336. The summed E-state index contributed by atoms with van der Waals surface area (Å²) in [6.07, 6.45) is 9.07. The maximum atomic E-state index is 6.15. The number of imidazole rings is 1. The molecule has 2 N–H and O–H groups in total. The Labute approximate surface area is 165 Å². The van der Waals surface area contributed by atoms with Crippen molar-refractivity contribution in [2.24, 2.45) is 0 Å². The fraction of sp³-hybridized carbons (Fsp3) is 0.500. The molecule has 0 spiro atoms. The van der Waals surface area contributed by atoms with Crippen molar-refractivity contribution in [3.8, 4) is 0 Å². The zero-order valence-corrected chi connectivity index (χ0v) is 17.2. The summed E-state index contributed by atoms with van der Waals surface area (Å²) in [4.78, 5) is 17.8. The topological polar surface area (TPSA) is 82.5 Å². The number of rotatable bonds is 9. The zero-order chi connectivity index (χ0) is 19.2. The first-order chi connectivity index (χ1) is 13.1. The summed E-state index contributed by atoms with van der Waals surface area (Å²) < 4.78 is 2.37. The zero-order valence-electron chi connectivity index (χ0n) is 16.4. The number of nitrogen functional groups attached to an aromatic ring is 1. The number of nitrogens with two attached hydrogens (primary N) is 1. The minimum atomic E-state index is 0.545. The molecule has 3 rings (SSSR count). The van der Waals surface area contributed by atoms with Gasteiger partial charge in [-0.3, -0.25) is 0 Å². The highest BCUT2D eigenvalue weighted by atomic mass is 32.2. The van der Waals surface area contributed by atoms with Crippen LogP contribution in [-0.4, -0.2) is 30.3 Å². The lowest BCUT2D eigenvalue weighted by Crippen LogP contribution is -2.06. The Balaban J connectivity index is 1.64. The summed E-state index contributed by atoms with van der Waals surface area (Å²) in [6.45, 7) is 7.30. The van der Waals surface area contributed by atoms with Crippen LogP contribution in [0, 0.1) is 13.8 Å². The summed E-state index contributed by atoms with van der Waals surface area (Å²) >= 11 is 1.72. The molecule has 0 aliphatic heterocycles. The van der Waals surface area contributed by atoms with Crippen LogP contribution in [0.15, 0.2) is 23.6 Å². The van der Waals surface area contributed by atoms with E-state index in [-0.39, 0.29) is 0 Å². The molecular weight excluding hydrogens is 356 g/mol. The Kier molecular flexibility index (Phi) is 6.66. The predicted octanol–water partition coefficient (Wildman–Crippen LogP) is 4.34. The molecule has 0 radical (unpaired) electrons. The molecule has 3 aromatic heterocycles. The third-order valence-electron chi connectivity index (χ3n) is 4.75. The number of aryl methyl sites for hydroxylation is 4. The van der Waals surface area contributed by atoms with Crippen LogP contribution in [0.1, 0.15) is 49.7 Å². The number of fused-ring (bicyclic) bond motifs is 1. The molecule has 0 aliphatic carbocycles. The van der Waals surface area contributed by atoms with Gasteiger partial charge >= 0.3 is 0 Å². The third kappa shape index (κ3) is 4.58. The number of hydrogen-bond donors (Lipinski definition) is 1. The highest BCUT2D eigenvalue weighted by molar-refractivity contribution is 7.99. The molecule has 3 heterocycles. The largest absolute Gasteiger partial charge is 0.382 e. The molecule has 0 atom stereocenters. The Hall–Kier alpha value is -2.15. The molecule has 3 aromatic rings. The lowest BCUT2D eigenvalue weighted by atomic mass is 10.2. The number of thioether (sulfide) groups is 1. The molecule has 0 aliphatic rings. The van der Waals surface area contributed by atoms with Gasteiger partial charge in [-0.05, 0) is 44.7 Å². The van der Waals surface area contributed by atoms with Gasteiger partial charge in [0, 0.05) is 36.8 Å². The maximum Gasteiger partial charge on any atom is 0.187 e. The minimum Gasteiger partial charge on any atom is -0.382 e. The van der Waals surface area contributed by atoms with Crippen LogP contribution >= 0.6 is 11.8 Å². The Morgan fingerprint density at radius 3 is 2.59 bits per heavy atom. The van der Waals surface area contributed by atoms with Gasteiger partial charge in [-0.1, -0.05) is 25.1 Å². The second-order valence-electron chi connectivity index (χ2n) is 6.77. The SMILES string of the molecule is CCCc1nc2c(N)nc(C)c(C)c2n1CCCCCSc1ncccn1. The summed E-state index contributed by atoms with van der Waals surface area (Å²) in [5.74, 6) is 2.72. The van der Waals surface area contributed by atoms with E-state index in [1.165, 1.54) is 12.0 Å². The Morgan fingerprint density at radius 2 is 1.85 bits per heavy atom. The summed E-state index contributed by atoms with van der Waals surface area (Å²) in [5, 5.41) is 0.859. The molecular formula is C20H28N6S. The van der Waals surface area contributed by atoms with E-state index in [1.807, 2.05) is 13.0 Å². The predicted molar refractivity (Wildman–Crippen MR) is 112 cm³/mol. The minimum absolute atomic E-state index is 0.545. The van der Waals surface area contributed by atoms with E-state index in [9.17, 15) is 0 Å². The van der Waals surface area contributed by atoms with Gasteiger partial charge in [0.15, 0.2) is 11.0 Å². The first kappa shape index (κ1) is 19.6. The van der Waals surface area contributed by atoms with Crippen LogP contribution in [0.25, 0.3) is 11.0 Å². The Morgan fingerprint density at radius 1 is 1.07 bits per heavy atom. The second kappa shape index (κ2) is 9.17. The van der Waals surface area contributed by atoms with Crippen molar-refractivity contribution >= 4 is 28.6 Å². The van der Waals surface area contributed by atoms with Gasteiger partial charge in [0.1, 0.15) is 11.3 Å². The number of aromatic nitrogens is 5. The molecule has 0 bridgehead atoms. The molecule has 0 fully saturated rings. The molecule has 27 heavy (non-hydrogen) atoms. The van der Waals surface area contributed by atoms with E-state index in [0.717, 1.165) is 65.7 Å². The van der Waals surface area contributed by atoms with Crippen molar-refractivity contribution in [1.29, 1.82) is 0 Å². The van der Waals surface area contributed by atoms with Crippen LogP contribution in [0.5, 0.6) is 0 Å². The van der Waals surface area contributed by atoms with E-state index in [2.05, 4.69) is 33.4 Å². The van der Waals surface area contributed by atoms with Crippen molar-refractivity contribution in [1.82, 2.24) is 24.5 Å². The highest BCUT2D eigenvalue weighted by Gasteiger charge is 2.16. The van der Waals surface area contributed by atoms with Crippen LogP contribution in [0.4, 0.5) is 5.82 Å². The number of nitrogens with zero attached hydrogens (tertiary/aromatic N) is 5. The van der Waals surface area contributed by atoms with Crippen LogP contribution < -0.4 is 5.73 Å². The van der Waals surface area contributed by atoms with Gasteiger partial charge in [0.25, 0.3) is 0 Å². The van der Waals surface area contributed by atoms with Gasteiger partial charge in [0.2, 0.25) is 0 Å². The molecule has 7 heteroatoms. The van der Waals surface area contributed by atoms with Crippen LogP contribution in [0.2, 0.25) is 0 Å². The normalized spacial score (nSPS) is 11.4. The summed E-state index contributed by atoms with van der Waals surface area (Å²) in [6, 6.07) is 1.85. The lowest BCUT2D eigenvalue weighted by Gasteiger charge is -2.11. The maximum absolute atomic E-state index is 6.15. The van der Waals surface area contributed by atoms with Crippen LogP contribution in [-0.2, 0) is 13.0 Å². The number of anilines is 1. The lowest BCUT2D eigenvalue weighted by molar-refractivity contribution is 0.589. The summed E-state index contributed by atoms with van der Waals surface area (Å²) in [5.41, 5.74) is 10.3. The molecule has 0 saturated heterocycles. The smallest absolute Gasteiger partial charge is 0.187 e. The van der Waals surface area contributed by atoms with E-state index in [1.54, 1.807) is 24.2 Å². The van der Waals surface area contributed by atoms with Crippen molar-refractivity contribution < 1.29 is 0 Å². The fourth-order valence-corrected chi connectivity index (χ4v) is 4.08. The monoisotopic (exact) mass is 384 g/mol. The first-order valence-electron chi connectivity index (χ1n) is 9.63. The average molecular weight is 385 g/mol. The standard InChI is InChI=1S/C20H28N6S/c1-4-9-16-25-17-18(14(2)15(3)24-19(17)21)26(16)12-6-5-7-13-27-20-22-10-8-11-23-20/h8,10-11H,4-7,9,12-13H2,1-3H3,(H2,21,24). The van der Waals surface area contributed by atoms with Gasteiger partial charge in [-0.15, -0.1) is 0 Å². The van der Waals surface area contributed by atoms with E-state index in [4.69, 9.17) is 10.7 Å². The molecule has 0 aromatic carbocycles. The van der Waals surface area contributed by atoms with E-state index >= 15 is 0 Å². The highest BCUT2D eigenvalue weighted by Crippen LogP contribution is 2.27.